The van der Waals surface area contributed by atoms with E-state index >= 15 is 0 Å². The number of rotatable bonds is 39. The van der Waals surface area contributed by atoms with Gasteiger partial charge in [0.2, 0.25) is 5.91 Å². The molecule has 1 amide bonds. The fourth-order valence-corrected chi connectivity index (χ4v) is 6.79. The van der Waals surface area contributed by atoms with Crippen molar-refractivity contribution in [2.24, 2.45) is 0 Å². The molecular formula is C44H85N2O6P. The van der Waals surface area contributed by atoms with Crippen LogP contribution in [0.25, 0.3) is 0 Å². The molecule has 0 aromatic rings. The average Bonchev–Trinajstić information content (AvgIpc) is 3.10. The van der Waals surface area contributed by atoms with E-state index in [4.69, 9.17) is 9.05 Å². The van der Waals surface area contributed by atoms with Crippen molar-refractivity contribution in [1.82, 2.24) is 5.32 Å². The summed E-state index contributed by atoms with van der Waals surface area (Å²) < 4.78 is 23.1. The van der Waals surface area contributed by atoms with Crippen LogP contribution in [-0.2, 0) is 18.4 Å². The van der Waals surface area contributed by atoms with Gasteiger partial charge in [-0.05, 0) is 44.9 Å². The maximum Gasteiger partial charge on any atom is 0.268 e. The zero-order chi connectivity index (χ0) is 39.3. The van der Waals surface area contributed by atoms with E-state index in [0.717, 1.165) is 44.9 Å². The smallest absolute Gasteiger partial charge is 0.268 e. The Labute approximate surface area is 327 Å². The van der Waals surface area contributed by atoms with E-state index in [9.17, 15) is 19.4 Å². The summed E-state index contributed by atoms with van der Waals surface area (Å²) in [5.41, 5.74) is 0. The van der Waals surface area contributed by atoms with Gasteiger partial charge in [0.05, 0.1) is 39.9 Å². The lowest BCUT2D eigenvalue weighted by Crippen LogP contribution is -2.45. The first kappa shape index (κ1) is 51.7. The third-order valence-corrected chi connectivity index (χ3v) is 10.5. The summed E-state index contributed by atoms with van der Waals surface area (Å²) in [7, 11) is 1.24. The predicted molar refractivity (Wildman–Crippen MR) is 224 cm³/mol. The predicted octanol–water partition coefficient (Wildman–Crippen LogP) is 11.3. The first-order chi connectivity index (χ1) is 25.5. The molecule has 0 rings (SSSR count). The van der Waals surface area contributed by atoms with Gasteiger partial charge in [-0.1, -0.05) is 172 Å². The molecule has 0 radical (unpaired) electrons. The Morgan fingerprint density at radius 1 is 0.642 bits per heavy atom. The number of phosphoric ester groups is 1. The van der Waals surface area contributed by atoms with Crippen molar-refractivity contribution in [1.29, 1.82) is 0 Å². The van der Waals surface area contributed by atoms with Crippen molar-refractivity contribution < 1.29 is 32.9 Å². The molecule has 0 aliphatic carbocycles. The van der Waals surface area contributed by atoms with Crippen molar-refractivity contribution in [2.75, 3.05) is 40.9 Å². The number of quaternary nitrogens is 1. The van der Waals surface area contributed by atoms with Gasteiger partial charge in [-0.15, -0.1) is 0 Å². The maximum atomic E-state index is 12.8. The van der Waals surface area contributed by atoms with Gasteiger partial charge < -0.3 is 28.8 Å². The molecule has 312 valence electrons. The normalized spacial score (nSPS) is 14.8. The quantitative estimate of drug-likeness (QED) is 0.0279. The van der Waals surface area contributed by atoms with Gasteiger partial charge in [0, 0.05) is 6.42 Å². The third kappa shape index (κ3) is 38.8. The van der Waals surface area contributed by atoms with Gasteiger partial charge in [0.1, 0.15) is 13.2 Å². The van der Waals surface area contributed by atoms with Crippen LogP contribution in [0.15, 0.2) is 36.5 Å². The van der Waals surface area contributed by atoms with Gasteiger partial charge in [-0.3, -0.25) is 9.36 Å². The number of hydrogen-bond acceptors (Lipinski definition) is 6. The number of nitrogens with one attached hydrogen (secondary N) is 1. The van der Waals surface area contributed by atoms with Crippen LogP contribution in [0.2, 0.25) is 0 Å². The molecule has 0 heterocycles. The Hall–Kier alpha value is -1.28. The van der Waals surface area contributed by atoms with Gasteiger partial charge in [0.25, 0.3) is 7.82 Å². The van der Waals surface area contributed by atoms with Crippen molar-refractivity contribution in [2.45, 2.75) is 199 Å². The molecule has 3 unspecified atom stereocenters. The van der Waals surface area contributed by atoms with Crippen molar-refractivity contribution in [3.05, 3.63) is 36.5 Å². The summed E-state index contributed by atoms with van der Waals surface area (Å²) in [6.45, 7) is 4.60. The number of nitrogens with zero attached hydrogens (tertiary/aromatic N) is 1. The highest BCUT2D eigenvalue weighted by Gasteiger charge is 2.23. The third-order valence-electron chi connectivity index (χ3n) is 9.58. The standard InChI is InChI=1S/C44H85N2O6P/c1-6-8-10-12-14-16-18-20-21-22-23-24-25-26-27-29-31-33-35-37-43(47)42(41-52-53(49,50)51-40-39-46(3,4)5)45-44(48)38-36-34-32-30-28-19-17-15-13-11-9-7-2/h23-24,27,29,35,37,42-43,47H,6-22,25-26,28,30-34,36,38-41H2,1-5H3,(H-,45,48,49,50)/b24-23+,29-27+,37-35+. The van der Waals surface area contributed by atoms with E-state index in [1.54, 1.807) is 6.08 Å². The Morgan fingerprint density at radius 2 is 1.06 bits per heavy atom. The van der Waals surface area contributed by atoms with Crippen LogP contribution >= 0.6 is 7.82 Å². The van der Waals surface area contributed by atoms with Crippen molar-refractivity contribution in [3.8, 4) is 0 Å². The highest BCUT2D eigenvalue weighted by molar-refractivity contribution is 7.45. The molecule has 0 fully saturated rings. The number of allylic oxidation sites excluding steroid dienone is 5. The molecule has 3 atom stereocenters. The number of amides is 1. The molecule has 2 N–H and O–H groups in total. The Balaban J connectivity index is 4.51. The minimum absolute atomic E-state index is 0.00805. The molecule has 0 aromatic heterocycles. The molecule has 53 heavy (non-hydrogen) atoms. The lowest BCUT2D eigenvalue weighted by atomic mass is 10.0. The summed E-state index contributed by atoms with van der Waals surface area (Å²) in [6.07, 6.45) is 43.3. The van der Waals surface area contributed by atoms with E-state index in [2.05, 4.69) is 43.5 Å². The highest BCUT2D eigenvalue weighted by Crippen LogP contribution is 2.38. The molecule has 0 bridgehead atoms. The van der Waals surface area contributed by atoms with Crippen LogP contribution in [0, 0.1) is 0 Å². The molecule has 9 heteroatoms. The first-order valence-electron chi connectivity index (χ1n) is 21.9. The Bertz CT molecular complexity index is 964. The van der Waals surface area contributed by atoms with E-state index in [-0.39, 0.29) is 12.5 Å². The monoisotopic (exact) mass is 769 g/mol. The number of carbonyl (C=O) groups excluding carboxylic acids is 1. The minimum Gasteiger partial charge on any atom is -0.756 e. The van der Waals surface area contributed by atoms with Crippen LogP contribution in [0.3, 0.4) is 0 Å². The summed E-state index contributed by atoms with van der Waals surface area (Å²) >= 11 is 0. The molecule has 0 aliphatic heterocycles. The second kappa shape index (κ2) is 36.4. The fourth-order valence-electron chi connectivity index (χ4n) is 6.07. The maximum absolute atomic E-state index is 12.8. The summed E-state index contributed by atoms with van der Waals surface area (Å²) in [5, 5.41) is 13.7. The number of carbonyl (C=O) groups is 1. The molecule has 0 aromatic carbocycles. The minimum atomic E-state index is -4.59. The Kier molecular flexibility index (Phi) is 35.5. The van der Waals surface area contributed by atoms with E-state index in [0.29, 0.717) is 17.4 Å². The molecule has 0 saturated heterocycles. The Morgan fingerprint density at radius 3 is 1.53 bits per heavy atom. The molecule has 0 spiro atoms. The van der Waals surface area contributed by atoms with Crippen LogP contribution in [0.5, 0.6) is 0 Å². The van der Waals surface area contributed by atoms with Crippen LogP contribution in [0.4, 0.5) is 0 Å². The fraction of sp³-hybridized carbons (Fsp3) is 0.841. The molecule has 0 saturated carbocycles. The van der Waals surface area contributed by atoms with E-state index in [1.165, 1.54) is 122 Å². The number of aliphatic hydroxyl groups is 1. The van der Waals surface area contributed by atoms with Crippen LogP contribution < -0.4 is 10.2 Å². The van der Waals surface area contributed by atoms with E-state index in [1.807, 2.05) is 27.2 Å². The molecule has 0 aliphatic rings. The number of hydrogen-bond donors (Lipinski definition) is 2. The number of unbranched alkanes of at least 4 members (excludes halogenated alkanes) is 22. The molecular weight excluding hydrogens is 683 g/mol. The zero-order valence-corrected chi connectivity index (χ0v) is 36.1. The van der Waals surface area contributed by atoms with Gasteiger partial charge in [-0.25, -0.2) is 0 Å². The second-order valence-electron chi connectivity index (χ2n) is 16.0. The van der Waals surface area contributed by atoms with Crippen molar-refractivity contribution >= 4 is 13.7 Å². The lowest BCUT2D eigenvalue weighted by molar-refractivity contribution is -0.870. The number of aliphatic hydroxyl groups excluding tert-OH is 1. The summed E-state index contributed by atoms with van der Waals surface area (Å²) in [6, 6.07) is -0.904. The average molecular weight is 769 g/mol. The summed E-state index contributed by atoms with van der Waals surface area (Å²) in [4.78, 5) is 25.2. The number of likely N-dealkylation sites (N-methyl/N-ethyl adjacent to an activating group) is 1. The van der Waals surface area contributed by atoms with Gasteiger partial charge >= 0.3 is 0 Å². The first-order valence-corrected chi connectivity index (χ1v) is 23.3. The van der Waals surface area contributed by atoms with E-state index < -0.39 is 26.6 Å². The van der Waals surface area contributed by atoms with Gasteiger partial charge in [0.15, 0.2) is 0 Å². The lowest BCUT2D eigenvalue weighted by Gasteiger charge is -2.29. The van der Waals surface area contributed by atoms with Crippen molar-refractivity contribution in [3.63, 3.8) is 0 Å². The van der Waals surface area contributed by atoms with Crippen LogP contribution in [-0.4, -0.2) is 68.5 Å². The summed E-state index contributed by atoms with van der Waals surface area (Å²) in [5.74, 6) is -0.213. The van der Waals surface area contributed by atoms with Crippen LogP contribution in [0.1, 0.15) is 187 Å². The van der Waals surface area contributed by atoms with Gasteiger partial charge in [-0.2, -0.15) is 0 Å². The molecule has 8 nitrogen and oxygen atoms in total. The topological polar surface area (TPSA) is 108 Å². The number of phosphoric acid groups is 1. The second-order valence-corrected chi connectivity index (χ2v) is 17.4. The highest BCUT2D eigenvalue weighted by atomic mass is 31.2. The largest absolute Gasteiger partial charge is 0.756 e. The zero-order valence-electron chi connectivity index (χ0n) is 35.2. The SMILES string of the molecule is CCCCCCCCCCC/C=C/CC/C=C/CC/C=C/C(O)C(COP(=O)([O-])OCC[N+](C)(C)C)NC(=O)CCCCCCCCCCCCCC.